The third-order valence-corrected chi connectivity index (χ3v) is 0.854. The average molecular weight is 458 g/mol. The van der Waals surface area contributed by atoms with Gasteiger partial charge >= 0.3 is 21.1 Å². The molecule has 0 spiro atoms. The van der Waals surface area contributed by atoms with Crippen LogP contribution >= 0.6 is 36.7 Å². The zero-order valence-electron chi connectivity index (χ0n) is 10.6. The molecule has 0 rings (SSSR count). The number of hydrogen-bond acceptors (Lipinski definition) is 6. The SMILES string of the molecule is NC(=S)[S-].NC(=S)[S-].NC(=S)[S-].[CH2-]CCCCC.[Mo+4]. The van der Waals surface area contributed by atoms with Crippen molar-refractivity contribution in [2.24, 2.45) is 17.2 Å². The molecule has 19 heavy (non-hydrogen) atoms. The first-order valence-electron chi connectivity index (χ1n) is 4.80. The molecule has 0 saturated carbocycles. The van der Waals surface area contributed by atoms with Crippen molar-refractivity contribution < 1.29 is 21.1 Å². The summed E-state index contributed by atoms with van der Waals surface area (Å²) in [6.45, 7) is 5.93. The van der Waals surface area contributed by atoms with Gasteiger partial charge in [0, 0.05) is 0 Å². The van der Waals surface area contributed by atoms with E-state index in [1.165, 1.54) is 19.3 Å². The Hall–Kier alpha value is 1.02. The molecule has 0 saturated heterocycles. The van der Waals surface area contributed by atoms with Crippen molar-refractivity contribution >= 4 is 87.5 Å². The second kappa shape index (κ2) is 31.4. The Bertz CT molecular complexity index is 172. The van der Waals surface area contributed by atoms with Crippen LogP contribution in [0, 0.1) is 6.92 Å². The van der Waals surface area contributed by atoms with Gasteiger partial charge in [0.25, 0.3) is 0 Å². The Morgan fingerprint density at radius 2 is 1.11 bits per heavy atom. The summed E-state index contributed by atoms with van der Waals surface area (Å²) in [6, 6.07) is 0. The number of nitrogens with two attached hydrogens (primary N) is 3. The van der Waals surface area contributed by atoms with E-state index < -0.39 is 0 Å². The van der Waals surface area contributed by atoms with Crippen LogP contribution in [0.1, 0.15) is 32.6 Å². The van der Waals surface area contributed by atoms with Crippen LogP contribution in [-0.2, 0) is 59.0 Å². The fraction of sp³-hybridized carbons (Fsp3) is 0.556. The number of rotatable bonds is 3. The molecule has 0 aromatic heterocycles. The third-order valence-electron chi connectivity index (χ3n) is 0.854. The van der Waals surface area contributed by atoms with Gasteiger partial charge in [-0.05, 0) is 0 Å². The largest absolute Gasteiger partial charge is 4.00 e. The Kier molecular flexibility index (Phi) is 53.1. The third kappa shape index (κ3) is 341. The van der Waals surface area contributed by atoms with Gasteiger partial charge in [-0.1, -0.05) is 39.1 Å². The first-order valence-corrected chi connectivity index (χ1v) is 7.25. The quantitative estimate of drug-likeness (QED) is 0.193. The maximum Gasteiger partial charge on any atom is 4.00 e. The van der Waals surface area contributed by atoms with Gasteiger partial charge in [0.2, 0.25) is 0 Å². The summed E-state index contributed by atoms with van der Waals surface area (Å²) in [4.78, 5) is 0. The van der Waals surface area contributed by atoms with Gasteiger partial charge in [0.15, 0.2) is 0 Å². The molecule has 0 amide bonds. The van der Waals surface area contributed by atoms with Gasteiger partial charge in [-0.25, -0.2) is 0 Å². The normalized spacial score (nSPS) is 6.63. The van der Waals surface area contributed by atoms with Crippen molar-refractivity contribution in [3.8, 4) is 0 Å². The van der Waals surface area contributed by atoms with Crippen LogP contribution in [0.2, 0.25) is 0 Å². The van der Waals surface area contributed by atoms with Crippen molar-refractivity contribution in [1.82, 2.24) is 0 Å². The Labute approximate surface area is 164 Å². The molecule has 0 unspecified atom stereocenters. The first-order chi connectivity index (χ1) is 8.11. The summed E-state index contributed by atoms with van der Waals surface area (Å²) < 4.78 is 0.250. The summed E-state index contributed by atoms with van der Waals surface area (Å²) in [6.07, 6.45) is 5.07. The summed E-state index contributed by atoms with van der Waals surface area (Å²) >= 11 is 24.8. The Morgan fingerprint density at radius 3 is 1.16 bits per heavy atom. The Morgan fingerprint density at radius 1 is 0.895 bits per heavy atom. The van der Waals surface area contributed by atoms with Crippen molar-refractivity contribution in [3.05, 3.63) is 6.92 Å². The summed E-state index contributed by atoms with van der Waals surface area (Å²) in [5.41, 5.74) is 14.0. The van der Waals surface area contributed by atoms with Crippen LogP contribution in [0.25, 0.3) is 0 Å². The van der Waals surface area contributed by atoms with E-state index in [2.05, 4.69) is 106 Å². The molecule has 112 valence electrons. The van der Waals surface area contributed by atoms with E-state index in [1.54, 1.807) is 0 Å². The van der Waals surface area contributed by atoms with Gasteiger partial charge in [-0.3, -0.25) is 0 Å². The average Bonchev–Trinajstić information content (AvgIpc) is 2.11. The number of thiocarbonyl (C=S) groups is 3. The van der Waals surface area contributed by atoms with E-state index in [0.717, 1.165) is 6.42 Å². The fourth-order valence-electron chi connectivity index (χ4n) is 0.427. The maximum absolute atomic E-state index is 4.66. The summed E-state index contributed by atoms with van der Waals surface area (Å²) in [7, 11) is 0. The van der Waals surface area contributed by atoms with E-state index in [9.17, 15) is 0 Å². The fourth-order valence-corrected chi connectivity index (χ4v) is 0.427. The molecule has 0 fully saturated rings. The molecule has 3 nitrogen and oxygen atoms in total. The Balaban J connectivity index is -0.0000000459. The van der Waals surface area contributed by atoms with Crippen molar-refractivity contribution in [1.29, 1.82) is 0 Å². The van der Waals surface area contributed by atoms with Gasteiger partial charge < -0.3 is 98.7 Å². The predicted octanol–water partition coefficient (Wildman–Crippen LogP) is 1.73. The smallest absolute Gasteiger partial charge is 0.415 e. The number of hydrogen-bond donors (Lipinski definition) is 3. The van der Waals surface area contributed by atoms with Crippen molar-refractivity contribution in [2.45, 2.75) is 32.6 Å². The van der Waals surface area contributed by atoms with E-state index in [1.807, 2.05) is 0 Å². The van der Waals surface area contributed by atoms with Crippen LogP contribution in [0.5, 0.6) is 0 Å². The standard InChI is InChI=1S/C6H13.3CH3NS2.Mo/c1-3-5-6-4-2;3*2-1(3)4;/h1,3-6H2,2H3;3*(H3,2,3,4);/q-1;;;;+4/p-3. The first kappa shape index (κ1) is 32.1. The topological polar surface area (TPSA) is 78.1 Å². The van der Waals surface area contributed by atoms with Gasteiger partial charge in [0.05, 0.1) is 0 Å². The molecule has 0 radical (unpaired) electrons. The molecular weight excluding hydrogens is 438 g/mol. The van der Waals surface area contributed by atoms with Crippen LogP contribution < -0.4 is 17.2 Å². The van der Waals surface area contributed by atoms with E-state index in [-0.39, 0.29) is 34.0 Å². The summed E-state index contributed by atoms with van der Waals surface area (Å²) in [5, 5.41) is 0. The summed E-state index contributed by atoms with van der Waals surface area (Å²) in [5.74, 6) is 0. The molecule has 0 aromatic carbocycles. The van der Waals surface area contributed by atoms with E-state index >= 15 is 0 Å². The van der Waals surface area contributed by atoms with E-state index in [0.29, 0.717) is 0 Å². The van der Waals surface area contributed by atoms with Crippen molar-refractivity contribution in [3.63, 3.8) is 0 Å². The van der Waals surface area contributed by atoms with Crippen LogP contribution in [0.4, 0.5) is 0 Å². The van der Waals surface area contributed by atoms with Crippen LogP contribution in [0.3, 0.4) is 0 Å². The minimum Gasteiger partial charge on any atom is -0.415 e. The molecule has 0 bridgehead atoms. The zero-order chi connectivity index (χ0) is 15.6. The van der Waals surface area contributed by atoms with Crippen LogP contribution in [-0.4, -0.2) is 13.0 Å². The molecular formula is C9H19MoN3S6. The van der Waals surface area contributed by atoms with Gasteiger partial charge in [-0.15, -0.1) is 0 Å². The molecule has 0 aliphatic carbocycles. The van der Waals surface area contributed by atoms with Crippen LogP contribution in [0.15, 0.2) is 0 Å². The predicted molar refractivity (Wildman–Crippen MR) is 102 cm³/mol. The second-order valence-electron chi connectivity index (χ2n) is 2.52. The molecule has 0 heterocycles. The van der Waals surface area contributed by atoms with Gasteiger partial charge in [-0.2, -0.15) is 6.42 Å². The molecule has 0 atom stereocenters. The van der Waals surface area contributed by atoms with E-state index in [4.69, 9.17) is 0 Å². The molecule has 10 heteroatoms. The minimum absolute atomic E-state index is 0. The molecule has 0 aliphatic rings. The van der Waals surface area contributed by atoms with Crippen molar-refractivity contribution in [2.75, 3.05) is 0 Å². The zero-order valence-corrected chi connectivity index (χ0v) is 17.5. The monoisotopic (exact) mass is 459 g/mol. The second-order valence-corrected chi connectivity index (χ2v) is 5.93. The molecule has 6 N–H and O–H groups in total. The number of unbranched alkanes of at least 4 members (excludes halogenated alkanes) is 3. The molecule has 0 aliphatic heterocycles. The molecule has 0 aromatic rings. The minimum atomic E-state index is 0. The van der Waals surface area contributed by atoms with Gasteiger partial charge in [0.1, 0.15) is 0 Å². The maximum atomic E-state index is 4.66.